The Kier molecular flexibility index (Phi) is 29.4. The van der Waals surface area contributed by atoms with Crippen LogP contribution in [0.2, 0.25) is 0 Å². The molecule has 2 aliphatic rings. The van der Waals surface area contributed by atoms with Gasteiger partial charge < -0.3 is 37.7 Å². The predicted molar refractivity (Wildman–Crippen MR) is 480 cm³/mol. The summed E-state index contributed by atoms with van der Waals surface area (Å²) in [5, 5.41) is 10.2. The molecule has 18 heteroatoms. The Morgan fingerprint density at radius 1 is 0.395 bits per heavy atom. The van der Waals surface area contributed by atoms with Crippen molar-refractivity contribution in [3.8, 4) is 23.0 Å². The van der Waals surface area contributed by atoms with E-state index >= 15 is 0 Å². The van der Waals surface area contributed by atoms with Crippen molar-refractivity contribution in [2.24, 2.45) is 7.05 Å². The molecule has 0 saturated carbocycles. The highest BCUT2D eigenvalue weighted by molar-refractivity contribution is 7.17. The van der Waals surface area contributed by atoms with E-state index in [4.69, 9.17) is 27.8 Å². The first-order valence-electron chi connectivity index (χ1n) is 39.4. The molecule has 0 spiro atoms. The van der Waals surface area contributed by atoms with Gasteiger partial charge in [0.25, 0.3) is 0 Å². The van der Waals surface area contributed by atoms with Crippen molar-refractivity contribution in [2.45, 2.75) is 191 Å². The number of aryl methyl sites for hydroxylation is 1. The van der Waals surface area contributed by atoms with E-state index in [2.05, 4.69) is 283 Å². The summed E-state index contributed by atoms with van der Waals surface area (Å²) in [5.74, 6) is 7.19. The van der Waals surface area contributed by atoms with Gasteiger partial charge in [0.2, 0.25) is 6.79 Å². The fraction of sp³-hybridized carbons (Fsp3) is 0.344. The van der Waals surface area contributed by atoms with Crippen LogP contribution in [0.3, 0.4) is 0 Å². The monoisotopic (exact) mass is 1590 g/mol. The number of aromatic nitrogens is 7. The van der Waals surface area contributed by atoms with Crippen molar-refractivity contribution in [3.63, 3.8) is 0 Å². The van der Waals surface area contributed by atoms with Gasteiger partial charge in [0.1, 0.15) is 18.8 Å². The molecule has 0 amide bonds. The Balaban J connectivity index is 0.000000136. The minimum Gasteiger partial charge on any atom is -0.486 e. The molecule has 114 heavy (non-hydrogen) atoms. The number of ether oxygens (including phenoxy) is 4. The molecule has 0 saturated heterocycles. The Bertz CT molecular complexity index is 5470. The molecule has 15 nitrogen and oxygen atoms in total. The van der Waals surface area contributed by atoms with Crippen molar-refractivity contribution in [2.75, 3.05) is 20.0 Å². The van der Waals surface area contributed by atoms with Gasteiger partial charge in [0.15, 0.2) is 28.6 Å². The molecule has 0 fully saturated rings. The van der Waals surface area contributed by atoms with E-state index in [0.717, 1.165) is 61.7 Å². The van der Waals surface area contributed by atoms with Gasteiger partial charge in [0.05, 0.1) is 66.0 Å². The van der Waals surface area contributed by atoms with Gasteiger partial charge in [-0.3, -0.25) is 9.67 Å². The molecule has 3 N–H and O–H groups in total. The second kappa shape index (κ2) is 39.0. The lowest BCUT2D eigenvalue weighted by Crippen LogP contribution is -2.15. The average Bonchev–Trinajstić information content (AvgIpc) is 1.54. The first-order chi connectivity index (χ1) is 54.2. The van der Waals surface area contributed by atoms with E-state index in [0.29, 0.717) is 67.0 Å². The van der Waals surface area contributed by atoms with E-state index in [1.54, 1.807) is 28.9 Å². The van der Waals surface area contributed by atoms with Gasteiger partial charge >= 0.3 is 11.4 Å². The Hall–Kier alpha value is -10.5. The Morgan fingerprint density at radius 3 is 1.51 bits per heavy atom. The normalized spacial score (nSPS) is 12.2. The number of imidazole rings is 1. The average molecular weight is 1590 g/mol. The minimum absolute atomic E-state index is 0.0734. The summed E-state index contributed by atoms with van der Waals surface area (Å²) in [4.78, 5) is 38.6. The van der Waals surface area contributed by atoms with Crippen LogP contribution in [0.4, 0.5) is 0 Å². The summed E-state index contributed by atoms with van der Waals surface area (Å²) in [6.45, 7) is 45.3. The molecule has 0 unspecified atom stereocenters. The number of rotatable bonds is 7. The van der Waals surface area contributed by atoms with Crippen LogP contribution in [0.5, 0.6) is 23.0 Å². The lowest BCUT2D eigenvalue weighted by Gasteiger charge is -2.19. The molecule has 0 bridgehead atoms. The van der Waals surface area contributed by atoms with E-state index < -0.39 is 5.76 Å². The molecule has 16 aromatic rings. The molecule has 0 atom stereocenters. The van der Waals surface area contributed by atoms with Crippen LogP contribution in [0.15, 0.2) is 223 Å². The summed E-state index contributed by atoms with van der Waals surface area (Å²) < 4.78 is 37.5. The number of oxazole rings is 1. The molecule has 2 aliphatic heterocycles. The zero-order valence-corrected chi connectivity index (χ0v) is 72.5. The summed E-state index contributed by atoms with van der Waals surface area (Å²) in [5.41, 5.74) is 23.3. The number of fused-ring (bicyclic) bond motifs is 9. The number of furan rings is 1. The van der Waals surface area contributed by atoms with Gasteiger partial charge in [-0.15, -0.1) is 34.0 Å². The largest absolute Gasteiger partial charge is 0.486 e. The topological polar surface area (TPSA) is 188 Å². The maximum absolute atomic E-state index is 11.0. The zero-order valence-electron chi connectivity index (χ0n) is 70.1. The second-order valence-electron chi connectivity index (χ2n) is 32.8. The first kappa shape index (κ1) is 85.9. The van der Waals surface area contributed by atoms with Gasteiger partial charge in [-0.25, -0.2) is 19.6 Å². The van der Waals surface area contributed by atoms with Crippen molar-refractivity contribution in [3.05, 3.63) is 276 Å². The number of nitrogens with one attached hydrogen (secondary N) is 3. The van der Waals surface area contributed by atoms with Crippen LogP contribution in [0.1, 0.15) is 230 Å². The number of thiophene rings is 1. The van der Waals surface area contributed by atoms with Gasteiger partial charge in [-0.05, 0) is 228 Å². The third kappa shape index (κ3) is 23.6. The number of hydrogen-bond acceptors (Lipinski definition) is 14. The van der Waals surface area contributed by atoms with Gasteiger partial charge in [-0.1, -0.05) is 199 Å². The first-order valence-corrected chi connectivity index (χ1v) is 42.1. The third-order valence-electron chi connectivity index (χ3n) is 19.7. The number of hydrogen-bond donors (Lipinski definition) is 3. The fourth-order valence-electron chi connectivity index (χ4n) is 12.3. The molecule has 598 valence electrons. The summed E-state index contributed by atoms with van der Waals surface area (Å²) in [6.07, 6.45) is 3.65. The van der Waals surface area contributed by atoms with E-state index in [1.807, 2.05) is 107 Å². The highest BCUT2D eigenvalue weighted by atomic mass is 32.1. The summed E-state index contributed by atoms with van der Waals surface area (Å²) in [7, 11) is 1.97. The molecule has 9 heterocycles. The lowest BCUT2D eigenvalue weighted by molar-refractivity contribution is 0.171. The molecule has 0 aliphatic carbocycles. The number of thiazole rings is 2. The highest BCUT2D eigenvalue weighted by Crippen LogP contribution is 2.36. The number of nitrogens with zero attached hydrogens (tertiary/aromatic N) is 4. The van der Waals surface area contributed by atoms with E-state index in [1.165, 1.54) is 80.3 Å². The fourth-order valence-corrected chi connectivity index (χ4v) is 14.5. The van der Waals surface area contributed by atoms with Crippen molar-refractivity contribution >= 4 is 109 Å². The molecule has 0 radical (unpaired) electrons. The van der Waals surface area contributed by atoms with Crippen molar-refractivity contribution < 1.29 is 27.8 Å². The maximum atomic E-state index is 11.0. The predicted octanol–water partition coefficient (Wildman–Crippen LogP) is 26.8. The molecule has 9 aromatic carbocycles. The van der Waals surface area contributed by atoms with Crippen LogP contribution in [-0.2, 0) is 17.9 Å². The van der Waals surface area contributed by atoms with Crippen LogP contribution in [0, 0.1) is 0 Å². The van der Waals surface area contributed by atoms with Gasteiger partial charge in [0, 0.05) is 22.5 Å². The Labute approximate surface area is 683 Å². The highest BCUT2D eigenvalue weighted by Gasteiger charge is 2.18. The molecule has 7 aromatic heterocycles. The second-order valence-corrected chi connectivity index (χ2v) is 35.6. The molecular weight excluding hydrogens is 1480 g/mol. The smallest absolute Gasteiger partial charge is 0.417 e. The summed E-state index contributed by atoms with van der Waals surface area (Å²) in [6, 6.07) is 60.8. The van der Waals surface area contributed by atoms with Crippen molar-refractivity contribution in [1.29, 1.82) is 0 Å². The van der Waals surface area contributed by atoms with Crippen LogP contribution in [-0.4, -0.2) is 54.7 Å². The number of aromatic amines is 3. The Morgan fingerprint density at radius 2 is 0.877 bits per heavy atom. The van der Waals surface area contributed by atoms with Gasteiger partial charge in [-0.2, -0.15) is 5.10 Å². The van der Waals surface area contributed by atoms with Crippen molar-refractivity contribution in [1.82, 2.24) is 34.7 Å². The standard InChI is InChI=1S/C11H14N2O.C11H14N2.C11H13NO2.C11H14O2.C11H12O.C11H12S.2C10H11NS.C10H12O2/c1-11(2,3)7-4-5-8-9(6-7)13-10(14)12-8;1-8(2)9-4-5-11-10(6-9)7-12-13(11)3;1-11(2,3)7-4-5-8-9(6-7)14-10(13)12-8;1-8(2)9-3-4-10-11(7-9)13-6-5-12-10;2*1-8(2)9-3-4-11-10(7-9)5-6-12-11;1-7(2)8-3-4-10-9(5-8)11-6-12-10;2*1-7(2)8-3-4-9-10(5-8)12-6-11-9/h4-6H,1-3H3,(H2,12,13,14);4-8H,1-3H3;4-6H,1-3H3,(H,12,13);3-4,7-8H,5-6H2,1-2H3;2*3-8H,1-2H3;2*3-7H,1-2H3;3-5,7H,6H2,1-2H3. The van der Waals surface area contributed by atoms with E-state index in [9.17, 15) is 9.59 Å². The number of H-pyrrole nitrogens is 3. The minimum atomic E-state index is -0.397. The SMILES string of the molecule is CC(C)(C)c1ccc2[nH]c(=O)[nH]c2c1.CC(C)(C)c1ccc2[nH]c(=O)oc2c1.CC(C)c1ccc2c(c1)OCCO2.CC(C)c1ccc2c(c1)OCO2.CC(C)c1ccc2c(cnn2C)c1.CC(C)c1ccc2ncsc2c1.CC(C)c1ccc2occc2c1.CC(C)c1ccc2sccc2c1.CC(C)c1ccc2scnc2c1. The molecular formula is C96H113N7O8S3. The van der Waals surface area contributed by atoms with Crippen LogP contribution < -0.4 is 30.4 Å². The summed E-state index contributed by atoms with van der Waals surface area (Å²) >= 11 is 5.21. The van der Waals surface area contributed by atoms with Crippen LogP contribution >= 0.6 is 34.0 Å². The maximum Gasteiger partial charge on any atom is 0.417 e. The van der Waals surface area contributed by atoms with Crippen LogP contribution in [0.25, 0.3) is 74.5 Å². The quantitative estimate of drug-likeness (QED) is 0.138. The lowest BCUT2D eigenvalue weighted by atomic mass is 9.87. The third-order valence-corrected chi connectivity index (χ3v) is 22.2. The molecule has 18 rings (SSSR count). The number of benzene rings is 9. The zero-order chi connectivity index (χ0) is 82.1. The van der Waals surface area contributed by atoms with E-state index in [-0.39, 0.29) is 16.5 Å².